The average Bonchev–Trinajstić information content (AvgIpc) is 3.12. The predicted octanol–water partition coefficient (Wildman–Crippen LogP) is 5.08. The molecule has 0 amide bonds. The number of ether oxygens (including phenoxy) is 1. The minimum atomic E-state index is -0.271. The quantitative estimate of drug-likeness (QED) is 0.589. The second kappa shape index (κ2) is 8.62. The first-order valence-electron chi connectivity index (χ1n) is 10.6. The fourth-order valence-corrected chi connectivity index (χ4v) is 4.77. The van der Waals surface area contributed by atoms with E-state index in [1.165, 1.54) is 0 Å². The van der Waals surface area contributed by atoms with Gasteiger partial charge in [0, 0.05) is 36.3 Å². The zero-order valence-electron chi connectivity index (χ0n) is 19.3. The number of aromatic hydroxyl groups is 1. The molecule has 2 N–H and O–H groups in total. The van der Waals surface area contributed by atoms with Crippen LogP contribution in [0.3, 0.4) is 0 Å². The maximum Gasteiger partial charge on any atom is 0.182 e. The second-order valence-electron chi connectivity index (χ2n) is 10.8. The second-order valence-corrected chi connectivity index (χ2v) is 10.8. The molecule has 3 rings (SSSR count). The highest BCUT2D eigenvalue weighted by Crippen LogP contribution is 2.41. The first-order valence-corrected chi connectivity index (χ1v) is 10.6. The molecule has 0 spiro atoms. The van der Waals surface area contributed by atoms with Crippen LogP contribution in [0.1, 0.15) is 75.9 Å². The molecule has 5 nitrogen and oxygen atoms in total. The van der Waals surface area contributed by atoms with Gasteiger partial charge in [-0.2, -0.15) is 0 Å². The van der Waals surface area contributed by atoms with Crippen LogP contribution in [0.15, 0.2) is 12.1 Å². The lowest BCUT2D eigenvalue weighted by Gasteiger charge is -2.28. The highest BCUT2D eigenvalue weighted by atomic mass is 79.9. The molecule has 0 bridgehead atoms. The smallest absolute Gasteiger partial charge is 0.182 e. The van der Waals surface area contributed by atoms with Crippen LogP contribution in [-0.2, 0) is 15.6 Å². The number of carbonyl (C=O) groups excluding carboxylic acids is 1. The molecule has 1 aromatic carbocycles. The van der Waals surface area contributed by atoms with Gasteiger partial charge in [0.2, 0.25) is 0 Å². The van der Waals surface area contributed by atoms with Gasteiger partial charge < -0.3 is 14.7 Å². The molecule has 2 aliphatic rings. The Bertz CT molecular complexity index is 788. The Morgan fingerprint density at radius 2 is 1.67 bits per heavy atom. The van der Waals surface area contributed by atoms with Gasteiger partial charge in [0.15, 0.2) is 5.78 Å². The van der Waals surface area contributed by atoms with Gasteiger partial charge in [0.05, 0.1) is 18.5 Å². The van der Waals surface area contributed by atoms with Gasteiger partial charge in [-0.05, 0) is 41.7 Å². The lowest BCUT2D eigenvalue weighted by Crippen LogP contribution is -2.33. The highest BCUT2D eigenvalue weighted by Gasteiger charge is 2.45. The van der Waals surface area contributed by atoms with E-state index < -0.39 is 0 Å². The minimum absolute atomic E-state index is 0. The summed E-state index contributed by atoms with van der Waals surface area (Å²) in [6.07, 6.45) is 2.09. The Morgan fingerprint density at radius 1 is 1.13 bits per heavy atom. The lowest BCUT2D eigenvalue weighted by molar-refractivity contribution is 0.0943. The Kier molecular flexibility index (Phi) is 7.14. The van der Waals surface area contributed by atoms with E-state index in [9.17, 15) is 9.90 Å². The first kappa shape index (κ1) is 24.9. The van der Waals surface area contributed by atoms with E-state index in [1.54, 1.807) is 7.11 Å². The highest BCUT2D eigenvalue weighted by molar-refractivity contribution is 8.93. The van der Waals surface area contributed by atoms with Crippen LogP contribution in [0.5, 0.6) is 5.75 Å². The number of methoxy groups -OCH3 is 1. The number of hydrogen-bond donors (Lipinski definition) is 2. The first-order chi connectivity index (χ1) is 13.3. The van der Waals surface area contributed by atoms with Crippen molar-refractivity contribution in [2.45, 2.75) is 71.3 Å². The molecular formula is C24H37BrN2O3. The van der Waals surface area contributed by atoms with Crippen LogP contribution in [0, 0.1) is 17.2 Å². The molecule has 1 aliphatic carbocycles. The fourth-order valence-electron chi connectivity index (χ4n) is 4.77. The van der Waals surface area contributed by atoms with Gasteiger partial charge in [-0.25, -0.2) is 0 Å². The summed E-state index contributed by atoms with van der Waals surface area (Å²) in [5.41, 5.74) is 1.67. The van der Waals surface area contributed by atoms with Crippen molar-refractivity contribution < 1.29 is 14.6 Å². The number of phenols is 1. The van der Waals surface area contributed by atoms with Gasteiger partial charge in [-0.3, -0.25) is 10.2 Å². The van der Waals surface area contributed by atoms with Crippen LogP contribution < -0.4 is 0 Å². The summed E-state index contributed by atoms with van der Waals surface area (Å²) in [6, 6.07) is 3.68. The number of benzene rings is 1. The Morgan fingerprint density at radius 3 is 2.10 bits per heavy atom. The number of phenolic OH excluding ortho intramolecular Hbond substituents is 1. The fraction of sp³-hybridized carbons (Fsp3) is 0.667. The third-order valence-electron chi connectivity index (χ3n) is 6.51. The molecule has 0 aromatic heterocycles. The minimum Gasteiger partial charge on any atom is -0.507 e. The summed E-state index contributed by atoms with van der Waals surface area (Å²) in [6.45, 7) is 13.3. The summed E-state index contributed by atoms with van der Waals surface area (Å²) in [4.78, 5) is 15.1. The van der Waals surface area contributed by atoms with Crippen molar-refractivity contribution in [3.8, 4) is 5.75 Å². The largest absolute Gasteiger partial charge is 0.507 e. The van der Waals surface area contributed by atoms with Crippen LogP contribution in [0.25, 0.3) is 0 Å². The normalized spacial score (nSPS) is 24.0. The van der Waals surface area contributed by atoms with E-state index in [1.807, 2.05) is 58.6 Å². The van der Waals surface area contributed by atoms with Gasteiger partial charge in [-0.1, -0.05) is 41.5 Å². The van der Waals surface area contributed by atoms with Crippen molar-refractivity contribution in [3.63, 3.8) is 0 Å². The number of fused-ring (bicyclic) bond motifs is 1. The standard InChI is InChI=1S/C24H36N2O3.BrH/c1-23(2,3)18-9-14(10-19(21(18)28)24(4,5)6)20(27)13-26-12-15-8-16(29-7)11-17(15)22(26)25;/h9-10,15-17,25,28H,8,11-13H2,1-7H3;1H/t15-,16-,17-;/m0./s1. The average molecular weight is 481 g/mol. The third-order valence-corrected chi connectivity index (χ3v) is 6.51. The van der Waals surface area contributed by atoms with Crippen molar-refractivity contribution >= 4 is 28.6 Å². The van der Waals surface area contributed by atoms with Gasteiger partial charge in [-0.15, -0.1) is 17.0 Å². The number of rotatable bonds is 4. The van der Waals surface area contributed by atoms with E-state index in [0.717, 1.165) is 30.5 Å². The number of ketones is 1. The zero-order valence-corrected chi connectivity index (χ0v) is 21.0. The number of likely N-dealkylation sites (tertiary alicyclic amines) is 1. The number of halogens is 1. The molecule has 1 heterocycles. The summed E-state index contributed by atoms with van der Waals surface area (Å²) < 4.78 is 5.48. The van der Waals surface area contributed by atoms with Crippen LogP contribution in [-0.4, -0.2) is 47.9 Å². The van der Waals surface area contributed by atoms with E-state index in [-0.39, 0.29) is 57.9 Å². The van der Waals surface area contributed by atoms with E-state index in [4.69, 9.17) is 10.1 Å². The third kappa shape index (κ3) is 4.75. The molecular weight excluding hydrogens is 444 g/mol. The summed E-state index contributed by atoms with van der Waals surface area (Å²) in [5, 5.41) is 19.4. The van der Waals surface area contributed by atoms with Crippen LogP contribution >= 0.6 is 17.0 Å². The van der Waals surface area contributed by atoms with Crippen molar-refractivity contribution in [2.24, 2.45) is 11.8 Å². The van der Waals surface area contributed by atoms with E-state index >= 15 is 0 Å². The molecule has 0 unspecified atom stereocenters. The van der Waals surface area contributed by atoms with Crippen LogP contribution in [0.4, 0.5) is 0 Å². The molecule has 30 heavy (non-hydrogen) atoms. The lowest BCUT2D eigenvalue weighted by atomic mass is 9.78. The SMILES string of the molecule is Br.CO[C@H]1C[C@H]2CN(CC(=O)c3cc(C(C)(C)C)c(O)c(C(C)(C)C)c3)C(=N)[C@H]2C1. The number of nitrogens with zero attached hydrogens (tertiary/aromatic N) is 1. The Labute approximate surface area is 191 Å². The van der Waals surface area contributed by atoms with E-state index in [0.29, 0.717) is 17.3 Å². The van der Waals surface area contributed by atoms with Gasteiger partial charge in [0.25, 0.3) is 0 Å². The van der Waals surface area contributed by atoms with Gasteiger partial charge >= 0.3 is 0 Å². The number of Topliss-reactive ketones (excluding diaryl/α,β-unsaturated/α-hetero) is 1. The molecule has 0 radical (unpaired) electrons. The predicted molar refractivity (Wildman–Crippen MR) is 126 cm³/mol. The molecule has 6 heteroatoms. The topological polar surface area (TPSA) is 73.6 Å². The zero-order chi connectivity index (χ0) is 21.7. The van der Waals surface area contributed by atoms with Crippen molar-refractivity contribution in [3.05, 3.63) is 28.8 Å². The van der Waals surface area contributed by atoms with Crippen molar-refractivity contribution in [1.82, 2.24) is 4.90 Å². The molecule has 1 saturated carbocycles. The summed E-state index contributed by atoms with van der Waals surface area (Å²) in [5.74, 6) is 1.50. The monoisotopic (exact) mass is 480 g/mol. The van der Waals surface area contributed by atoms with Gasteiger partial charge in [0.1, 0.15) is 5.75 Å². The maximum atomic E-state index is 13.2. The molecule has 168 valence electrons. The number of hydrogen-bond acceptors (Lipinski definition) is 4. The number of amidine groups is 1. The summed E-state index contributed by atoms with van der Waals surface area (Å²) in [7, 11) is 1.74. The van der Waals surface area contributed by atoms with Crippen molar-refractivity contribution in [2.75, 3.05) is 20.2 Å². The Hall–Kier alpha value is -1.40. The Balaban J connectivity index is 0.00000320. The van der Waals surface area contributed by atoms with E-state index in [2.05, 4.69) is 0 Å². The molecule has 1 aromatic rings. The molecule has 1 aliphatic heterocycles. The molecule has 2 fully saturated rings. The molecule has 1 saturated heterocycles. The summed E-state index contributed by atoms with van der Waals surface area (Å²) >= 11 is 0. The van der Waals surface area contributed by atoms with Crippen molar-refractivity contribution in [1.29, 1.82) is 5.41 Å². The number of carbonyl (C=O) groups is 1. The maximum absolute atomic E-state index is 13.2. The van der Waals surface area contributed by atoms with Crippen LogP contribution in [0.2, 0.25) is 0 Å². The molecule has 3 atom stereocenters. The number of nitrogens with one attached hydrogen (secondary N) is 1.